The molecule has 9 N–H and O–H groups in total. The van der Waals surface area contributed by atoms with E-state index in [-0.39, 0.29) is 44.9 Å². The number of hydrogen-bond donors (Lipinski definition) is 6. The Balaban J connectivity index is -0.0000000823. The van der Waals surface area contributed by atoms with Gasteiger partial charge in [0, 0.05) is 32.7 Å². The van der Waals surface area contributed by atoms with Gasteiger partial charge in [-0.1, -0.05) is 6.82 Å². The molecule has 0 aliphatic rings. The van der Waals surface area contributed by atoms with Crippen LogP contribution in [0, 0.1) is 0 Å². The fraction of sp³-hybridized carbons (Fsp3) is 0.333. The summed E-state index contributed by atoms with van der Waals surface area (Å²) in [7, 11) is 1.35. The van der Waals surface area contributed by atoms with Crippen LogP contribution < -0.4 is 33.8 Å². The van der Waals surface area contributed by atoms with Crippen molar-refractivity contribution in [1.29, 1.82) is 0 Å². The number of amides is 3. The monoisotopic (exact) mass is 335 g/mol. The molecule has 0 unspecified atom stereocenters. The van der Waals surface area contributed by atoms with Gasteiger partial charge in [0.25, 0.3) is 0 Å². The Hall–Kier alpha value is -0.871. The topological polar surface area (TPSA) is 182 Å². The van der Waals surface area contributed by atoms with Gasteiger partial charge in [-0.05, 0) is 0 Å². The predicted molar refractivity (Wildman–Crippen MR) is 60.4 cm³/mol. The second-order valence-corrected chi connectivity index (χ2v) is 1.98. The average Bonchev–Trinajstić information content (AvgIpc) is 2.38. The van der Waals surface area contributed by atoms with Gasteiger partial charge in [-0.3, -0.25) is 20.9 Å². The number of nitrogens with two attached hydrogens (primary N) is 3. The number of rotatable bonds is 4. The molecule has 3 amide bonds. The van der Waals surface area contributed by atoms with Crippen LogP contribution in [0.2, 0.25) is 6.82 Å². The second-order valence-electron chi connectivity index (χ2n) is 1.98. The standard InChI is InChI=1S/C3H6N2O2.C2H6BN2O.CH3N2O.Y/c4-5-3(7)1-2-6;1-3-2(6)5-4;2-3-1-4;/h2H,1,4H2,(H,5,7);4H2,1H3,(H,5,6);2H2,(H,3,4);/q;;-1;. The molecule has 0 fully saturated rings. The molecule has 0 heterocycles. The van der Waals surface area contributed by atoms with Crippen LogP contribution >= 0.6 is 0 Å². The van der Waals surface area contributed by atoms with Crippen LogP contribution in [-0.2, 0) is 47.1 Å². The SMILES string of the molecule is C[B]C(=O)NN.NNC(=O)CC=O.NN[C-]=O.[Y]. The fourth-order valence-electron chi connectivity index (χ4n) is 0.218. The Labute approximate surface area is 130 Å². The van der Waals surface area contributed by atoms with Gasteiger partial charge in [0.05, 0.1) is 6.42 Å². The number of hydrazine groups is 3. The first-order chi connectivity index (χ1) is 8.03. The molecule has 0 saturated heterocycles. The van der Waals surface area contributed by atoms with E-state index >= 15 is 0 Å². The van der Waals surface area contributed by atoms with Gasteiger partial charge in [-0.25, -0.2) is 11.7 Å². The minimum Gasteiger partial charge on any atom is -0.519 e. The summed E-state index contributed by atoms with van der Waals surface area (Å²) in [5, 5.41) is 0. The van der Waals surface area contributed by atoms with Crippen molar-refractivity contribution in [3.63, 3.8) is 0 Å². The third-order valence-corrected chi connectivity index (χ3v) is 0.893. The molecule has 0 rings (SSSR count). The molecule has 0 aromatic heterocycles. The summed E-state index contributed by atoms with van der Waals surface area (Å²) >= 11 is 0. The van der Waals surface area contributed by atoms with Crippen LogP contribution in [-0.4, -0.2) is 31.7 Å². The molecule has 0 bridgehead atoms. The van der Waals surface area contributed by atoms with E-state index in [1.54, 1.807) is 17.7 Å². The molecule has 0 spiro atoms. The third kappa shape index (κ3) is 36.2. The summed E-state index contributed by atoms with van der Waals surface area (Å²) in [6, 6.07) is 0. The zero-order chi connectivity index (χ0) is 14.1. The summed E-state index contributed by atoms with van der Waals surface area (Å²) in [4.78, 5) is 38.1. The van der Waals surface area contributed by atoms with Crippen LogP contribution in [0.4, 0.5) is 4.79 Å². The van der Waals surface area contributed by atoms with Gasteiger partial charge in [0.1, 0.15) is 6.29 Å². The van der Waals surface area contributed by atoms with E-state index in [4.69, 9.17) is 4.79 Å². The van der Waals surface area contributed by atoms with E-state index in [0.717, 1.165) is 0 Å². The molecule has 12 heteroatoms. The Kier molecular flexibility index (Phi) is 36.0. The largest absolute Gasteiger partial charge is 0.519 e. The molecule has 0 atom stereocenters. The molecule has 100 valence electrons. The average molecular weight is 335 g/mol. The van der Waals surface area contributed by atoms with E-state index in [2.05, 4.69) is 17.5 Å². The Morgan fingerprint density at radius 3 is 1.78 bits per heavy atom. The maximum absolute atomic E-state index is 9.94. The zero-order valence-corrected chi connectivity index (χ0v) is 12.6. The Morgan fingerprint density at radius 1 is 1.28 bits per heavy atom. The van der Waals surface area contributed by atoms with Crippen molar-refractivity contribution in [3.8, 4) is 0 Å². The van der Waals surface area contributed by atoms with Gasteiger partial charge in [-0.15, -0.1) is 0 Å². The van der Waals surface area contributed by atoms with Gasteiger partial charge >= 0.3 is 0 Å². The number of hydrogen-bond acceptors (Lipinski definition) is 7. The van der Waals surface area contributed by atoms with Crippen molar-refractivity contribution in [2.75, 3.05) is 0 Å². The van der Waals surface area contributed by atoms with Gasteiger partial charge < -0.3 is 20.4 Å². The maximum atomic E-state index is 9.94. The van der Waals surface area contributed by atoms with Crippen LogP contribution in [0.15, 0.2) is 0 Å². The van der Waals surface area contributed by atoms with Gasteiger partial charge in [0.2, 0.25) is 13.2 Å². The molecule has 0 aliphatic heterocycles. The van der Waals surface area contributed by atoms with Crippen molar-refractivity contribution in [2.45, 2.75) is 13.2 Å². The number of carbonyl (C=O) groups excluding carboxylic acids is 4. The zero-order valence-electron chi connectivity index (χ0n) is 9.80. The summed E-state index contributed by atoms with van der Waals surface area (Å²) in [6.45, 7) is 1.61. The van der Waals surface area contributed by atoms with Gasteiger partial charge in [-0.2, -0.15) is 6.41 Å². The second kappa shape index (κ2) is 25.1. The van der Waals surface area contributed by atoms with E-state index in [1.165, 1.54) is 13.7 Å². The van der Waals surface area contributed by atoms with Crippen molar-refractivity contribution in [3.05, 3.63) is 0 Å². The minimum atomic E-state index is -0.463. The van der Waals surface area contributed by atoms with Crippen molar-refractivity contribution < 1.29 is 51.9 Å². The fourth-order valence-corrected chi connectivity index (χ4v) is 0.218. The van der Waals surface area contributed by atoms with E-state index in [0.29, 0.717) is 6.29 Å². The first kappa shape index (κ1) is 25.9. The quantitative estimate of drug-likeness (QED) is 0.0448. The van der Waals surface area contributed by atoms with Crippen molar-refractivity contribution >= 4 is 31.7 Å². The normalized spacial score (nSPS) is 6.44. The summed E-state index contributed by atoms with van der Waals surface area (Å²) in [6.07, 6.45) is 1.54. The number of carbonyl (C=O) groups is 3. The van der Waals surface area contributed by atoms with Crippen molar-refractivity contribution in [2.24, 2.45) is 17.5 Å². The molecular formula is C6H15BN6O4Y-. The molecule has 10 nitrogen and oxygen atoms in total. The smallest absolute Gasteiger partial charge is 0.241 e. The molecule has 0 aromatic carbocycles. The predicted octanol–water partition coefficient (Wildman–Crippen LogP) is -3.60. The Morgan fingerprint density at radius 2 is 1.72 bits per heavy atom. The van der Waals surface area contributed by atoms with Crippen LogP contribution in [0.5, 0.6) is 0 Å². The molecule has 0 aromatic rings. The van der Waals surface area contributed by atoms with Crippen molar-refractivity contribution in [1.82, 2.24) is 16.3 Å². The summed E-state index contributed by atoms with van der Waals surface area (Å²) < 4.78 is 0. The van der Waals surface area contributed by atoms with Gasteiger partial charge in [0.15, 0.2) is 5.81 Å². The first-order valence-electron chi connectivity index (χ1n) is 4.09. The van der Waals surface area contributed by atoms with Crippen LogP contribution in [0.25, 0.3) is 0 Å². The molecule has 0 aliphatic carbocycles. The Bertz CT molecular complexity index is 226. The summed E-state index contributed by atoms with van der Waals surface area (Å²) in [5.74, 6) is 12.9. The van der Waals surface area contributed by atoms with Crippen LogP contribution in [0.1, 0.15) is 6.42 Å². The molecular weight excluding hydrogens is 320 g/mol. The molecule has 0 saturated carbocycles. The number of aldehydes is 1. The number of nitrogens with one attached hydrogen (secondary N) is 3. The molecule has 18 heavy (non-hydrogen) atoms. The third-order valence-electron chi connectivity index (χ3n) is 0.893. The molecule has 2 radical (unpaired) electrons. The minimum absolute atomic E-state index is 0. The van der Waals surface area contributed by atoms with E-state index in [9.17, 15) is 14.4 Å². The van der Waals surface area contributed by atoms with E-state index in [1.807, 2.05) is 5.43 Å². The van der Waals surface area contributed by atoms with Crippen LogP contribution in [0.3, 0.4) is 0 Å². The maximum Gasteiger partial charge on any atom is 0.241 e. The summed E-state index contributed by atoms with van der Waals surface area (Å²) in [5.41, 5.74) is 5.34. The first-order valence-corrected chi connectivity index (χ1v) is 4.09. The van der Waals surface area contributed by atoms with E-state index < -0.39 is 5.91 Å².